The number of likely N-dealkylation sites (N-methyl/N-ethyl adjacent to an activating group) is 1. The molecular formula is C25H40N4O2. The summed E-state index contributed by atoms with van der Waals surface area (Å²) >= 11 is 0. The Bertz CT molecular complexity index is 690. The maximum Gasteiger partial charge on any atom is 0.243 e. The van der Waals surface area contributed by atoms with Crippen molar-refractivity contribution >= 4 is 11.8 Å². The summed E-state index contributed by atoms with van der Waals surface area (Å²) < 4.78 is 0. The van der Waals surface area contributed by atoms with E-state index in [2.05, 4.69) is 51.2 Å². The molecule has 0 spiro atoms. The second-order valence-corrected chi connectivity index (χ2v) is 9.28. The van der Waals surface area contributed by atoms with Gasteiger partial charge in [-0.1, -0.05) is 49.6 Å². The number of rotatable bonds is 9. The van der Waals surface area contributed by atoms with Crippen LogP contribution in [-0.4, -0.2) is 61.5 Å². The first-order chi connectivity index (χ1) is 15.1. The van der Waals surface area contributed by atoms with Crippen LogP contribution in [0.4, 0.5) is 0 Å². The van der Waals surface area contributed by atoms with E-state index >= 15 is 0 Å². The minimum absolute atomic E-state index is 0.00142. The number of benzene rings is 1. The third kappa shape index (κ3) is 7.32. The largest absolute Gasteiger partial charge is 0.350 e. The van der Waals surface area contributed by atoms with E-state index in [4.69, 9.17) is 0 Å². The van der Waals surface area contributed by atoms with Crippen LogP contribution in [-0.2, 0) is 16.0 Å². The molecule has 1 aromatic rings. The van der Waals surface area contributed by atoms with Gasteiger partial charge < -0.3 is 20.9 Å². The molecule has 2 fully saturated rings. The molecule has 1 aliphatic carbocycles. The Morgan fingerprint density at radius 3 is 2.48 bits per heavy atom. The predicted molar refractivity (Wildman–Crippen MR) is 125 cm³/mol. The third-order valence-electron chi connectivity index (χ3n) is 6.94. The quantitative estimate of drug-likeness (QED) is 0.565. The fraction of sp³-hybridized carbons (Fsp3) is 0.680. The van der Waals surface area contributed by atoms with E-state index in [1.54, 1.807) is 7.05 Å². The first kappa shape index (κ1) is 23.7. The van der Waals surface area contributed by atoms with E-state index in [0.717, 1.165) is 64.6 Å². The lowest BCUT2D eigenvalue weighted by atomic mass is 9.83. The van der Waals surface area contributed by atoms with Gasteiger partial charge in [-0.15, -0.1) is 0 Å². The van der Waals surface area contributed by atoms with Crippen LogP contribution in [0, 0.1) is 5.92 Å². The summed E-state index contributed by atoms with van der Waals surface area (Å²) in [6, 6.07) is 9.99. The number of carbonyl (C=O) groups is 2. The number of nitrogens with one attached hydrogen (secondary N) is 3. The molecule has 1 saturated heterocycles. The van der Waals surface area contributed by atoms with Gasteiger partial charge in [-0.3, -0.25) is 9.59 Å². The number of hydrogen-bond acceptors (Lipinski definition) is 4. The van der Waals surface area contributed by atoms with Crippen molar-refractivity contribution in [2.75, 3.05) is 26.7 Å². The van der Waals surface area contributed by atoms with Crippen LogP contribution in [0.3, 0.4) is 0 Å². The highest BCUT2D eigenvalue weighted by molar-refractivity contribution is 5.90. The number of hydrogen-bond donors (Lipinski definition) is 3. The van der Waals surface area contributed by atoms with Gasteiger partial charge in [0, 0.05) is 19.1 Å². The van der Waals surface area contributed by atoms with Crippen molar-refractivity contribution in [3.05, 3.63) is 35.9 Å². The minimum Gasteiger partial charge on any atom is -0.350 e. The van der Waals surface area contributed by atoms with E-state index in [0.29, 0.717) is 0 Å². The van der Waals surface area contributed by atoms with Gasteiger partial charge in [0.05, 0.1) is 6.04 Å². The minimum atomic E-state index is -0.428. The van der Waals surface area contributed by atoms with Crippen LogP contribution in [0.5, 0.6) is 0 Å². The van der Waals surface area contributed by atoms with Gasteiger partial charge in [-0.2, -0.15) is 0 Å². The van der Waals surface area contributed by atoms with Crippen molar-refractivity contribution in [3.63, 3.8) is 0 Å². The lowest BCUT2D eigenvalue weighted by molar-refractivity contribution is -0.132. The van der Waals surface area contributed by atoms with Crippen LogP contribution in [0.15, 0.2) is 30.3 Å². The van der Waals surface area contributed by atoms with Crippen LogP contribution in [0.25, 0.3) is 0 Å². The Balaban J connectivity index is 1.55. The predicted octanol–water partition coefficient (Wildman–Crippen LogP) is 2.48. The highest BCUT2D eigenvalue weighted by Crippen LogP contribution is 2.27. The molecule has 3 rings (SSSR count). The maximum absolute atomic E-state index is 13.3. The molecule has 3 atom stereocenters. The average molecular weight is 429 g/mol. The van der Waals surface area contributed by atoms with Gasteiger partial charge in [-0.25, -0.2) is 0 Å². The SMILES string of the molecule is CNC(C)C(=O)NC(C(=O)NC1CCCN(CCc2ccccc2)C1)C1CCCCC1. The monoisotopic (exact) mass is 428 g/mol. The summed E-state index contributed by atoms with van der Waals surface area (Å²) in [5, 5.41) is 9.32. The average Bonchev–Trinajstić information content (AvgIpc) is 2.82. The van der Waals surface area contributed by atoms with E-state index in [1.807, 2.05) is 6.92 Å². The van der Waals surface area contributed by atoms with Gasteiger partial charge in [0.15, 0.2) is 0 Å². The van der Waals surface area contributed by atoms with Crippen LogP contribution >= 0.6 is 0 Å². The molecule has 6 nitrogen and oxygen atoms in total. The molecule has 0 bridgehead atoms. The van der Waals surface area contributed by atoms with E-state index in [9.17, 15) is 9.59 Å². The molecule has 0 radical (unpaired) electrons. The molecule has 2 amide bonds. The topological polar surface area (TPSA) is 73.5 Å². The zero-order valence-corrected chi connectivity index (χ0v) is 19.2. The van der Waals surface area contributed by atoms with Crippen molar-refractivity contribution in [1.29, 1.82) is 0 Å². The summed E-state index contributed by atoms with van der Waals surface area (Å²) in [6.07, 6.45) is 8.67. The second-order valence-electron chi connectivity index (χ2n) is 9.28. The molecule has 0 aromatic heterocycles. The molecule has 3 N–H and O–H groups in total. The summed E-state index contributed by atoms with van der Waals surface area (Å²) in [4.78, 5) is 28.3. The summed E-state index contributed by atoms with van der Waals surface area (Å²) in [5.74, 6) is 0.138. The fourth-order valence-electron chi connectivity index (χ4n) is 4.87. The van der Waals surface area contributed by atoms with E-state index < -0.39 is 6.04 Å². The van der Waals surface area contributed by atoms with Gasteiger partial charge in [0.1, 0.15) is 6.04 Å². The summed E-state index contributed by atoms with van der Waals surface area (Å²) in [6.45, 7) is 4.81. The number of piperidine rings is 1. The van der Waals surface area contributed by atoms with Gasteiger partial charge in [-0.05, 0) is 64.1 Å². The molecule has 6 heteroatoms. The van der Waals surface area contributed by atoms with Crippen molar-refractivity contribution in [2.24, 2.45) is 5.92 Å². The van der Waals surface area contributed by atoms with Crippen molar-refractivity contribution in [3.8, 4) is 0 Å². The molecule has 1 saturated carbocycles. The first-order valence-corrected chi connectivity index (χ1v) is 12.1. The second kappa shape index (κ2) is 12.2. The van der Waals surface area contributed by atoms with Crippen molar-refractivity contribution < 1.29 is 9.59 Å². The fourth-order valence-corrected chi connectivity index (χ4v) is 4.87. The summed E-state index contributed by atoms with van der Waals surface area (Å²) in [7, 11) is 1.77. The van der Waals surface area contributed by atoms with Crippen molar-refractivity contribution in [1.82, 2.24) is 20.9 Å². The first-order valence-electron chi connectivity index (χ1n) is 12.1. The van der Waals surface area contributed by atoms with E-state index in [1.165, 1.54) is 12.0 Å². The van der Waals surface area contributed by atoms with E-state index in [-0.39, 0.29) is 29.8 Å². The number of amides is 2. The van der Waals surface area contributed by atoms with Gasteiger partial charge >= 0.3 is 0 Å². The Morgan fingerprint density at radius 1 is 1.03 bits per heavy atom. The Morgan fingerprint density at radius 2 is 1.77 bits per heavy atom. The molecule has 2 aliphatic rings. The normalized spacial score (nSPS) is 22.5. The van der Waals surface area contributed by atoms with Crippen LogP contribution in [0.1, 0.15) is 57.4 Å². The highest BCUT2D eigenvalue weighted by Gasteiger charge is 2.33. The number of likely N-dealkylation sites (tertiary alicyclic amines) is 1. The molecule has 172 valence electrons. The number of nitrogens with zero attached hydrogens (tertiary/aromatic N) is 1. The molecule has 1 aromatic carbocycles. The Labute approximate surface area is 187 Å². The smallest absolute Gasteiger partial charge is 0.243 e. The third-order valence-corrected chi connectivity index (χ3v) is 6.94. The molecule has 1 heterocycles. The molecule has 3 unspecified atom stereocenters. The molecule has 1 aliphatic heterocycles. The molecule has 31 heavy (non-hydrogen) atoms. The zero-order valence-electron chi connectivity index (χ0n) is 19.2. The zero-order chi connectivity index (χ0) is 22.1. The lowest BCUT2D eigenvalue weighted by Crippen LogP contribution is -2.58. The van der Waals surface area contributed by atoms with Gasteiger partial charge in [0.25, 0.3) is 0 Å². The lowest BCUT2D eigenvalue weighted by Gasteiger charge is -2.36. The summed E-state index contributed by atoms with van der Waals surface area (Å²) in [5.41, 5.74) is 1.35. The maximum atomic E-state index is 13.3. The Hall–Kier alpha value is -1.92. The highest BCUT2D eigenvalue weighted by atomic mass is 16.2. The van der Waals surface area contributed by atoms with Gasteiger partial charge in [0.2, 0.25) is 11.8 Å². The Kier molecular flexibility index (Phi) is 9.34. The number of carbonyl (C=O) groups excluding carboxylic acids is 2. The van der Waals surface area contributed by atoms with Crippen LogP contribution in [0.2, 0.25) is 0 Å². The van der Waals surface area contributed by atoms with Crippen molar-refractivity contribution in [2.45, 2.75) is 76.4 Å². The standard InChI is InChI=1S/C25H40N4O2/c1-19(26-2)24(30)28-23(21-12-7-4-8-13-21)25(31)27-22-14-9-16-29(18-22)17-15-20-10-5-3-6-11-20/h3,5-6,10-11,19,21-23,26H,4,7-9,12-18H2,1-2H3,(H,27,31)(H,28,30). The molecular weight excluding hydrogens is 388 g/mol. The van der Waals surface area contributed by atoms with Crippen LogP contribution < -0.4 is 16.0 Å².